The Kier molecular flexibility index (Phi) is 7.93. The van der Waals surface area contributed by atoms with Gasteiger partial charge in [0.2, 0.25) is 0 Å². The Bertz CT molecular complexity index is 842. The van der Waals surface area contributed by atoms with Crippen molar-refractivity contribution >= 4 is 5.96 Å². The van der Waals surface area contributed by atoms with Gasteiger partial charge >= 0.3 is 0 Å². The fourth-order valence-corrected chi connectivity index (χ4v) is 3.69. The quantitative estimate of drug-likeness (QED) is 0.510. The van der Waals surface area contributed by atoms with Crippen molar-refractivity contribution in [2.75, 3.05) is 20.8 Å². The van der Waals surface area contributed by atoms with Crippen LogP contribution in [0.25, 0.3) is 0 Å². The molecule has 0 aliphatic heterocycles. The standard InChI is InChI=1S/C22H34N6O2/c1-16-26-27-21(28(16)2)15-24-22(25-18-8-6-5-7-9-18)23-13-12-17-10-11-19(29-3)20(14-17)30-4/h10-11,14,18H,5-9,12-13,15H2,1-4H3,(H2,23,24,25). The highest BCUT2D eigenvalue weighted by Gasteiger charge is 2.15. The van der Waals surface area contributed by atoms with Gasteiger partial charge in [0.05, 0.1) is 14.2 Å². The van der Waals surface area contributed by atoms with Crippen molar-refractivity contribution in [3.63, 3.8) is 0 Å². The molecule has 1 saturated carbocycles. The van der Waals surface area contributed by atoms with Crippen LogP contribution in [-0.2, 0) is 20.0 Å². The minimum Gasteiger partial charge on any atom is -0.493 e. The summed E-state index contributed by atoms with van der Waals surface area (Å²) in [6.45, 7) is 3.21. The largest absolute Gasteiger partial charge is 0.493 e. The first kappa shape index (κ1) is 21.9. The molecule has 0 unspecified atom stereocenters. The van der Waals surface area contributed by atoms with Crippen LogP contribution >= 0.6 is 0 Å². The molecule has 8 heteroatoms. The molecule has 1 fully saturated rings. The zero-order valence-corrected chi connectivity index (χ0v) is 18.6. The third-order valence-electron chi connectivity index (χ3n) is 5.66. The van der Waals surface area contributed by atoms with Crippen LogP contribution in [0.2, 0.25) is 0 Å². The van der Waals surface area contributed by atoms with Gasteiger partial charge < -0.3 is 24.7 Å². The van der Waals surface area contributed by atoms with Crippen molar-refractivity contribution in [1.29, 1.82) is 0 Å². The summed E-state index contributed by atoms with van der Waals surface area (Å²) in [6, 6.07) is 6.51. The average molecular weight is 415 g/mol. The molecule has 1 aliphatic carbocycles. The van der Waals surface area contributed by atoms with Crippen molar-refractivity contribution in [1.82, 2.24) is 25.4 Å². The average Bonchev–Trinajstić information content (AvgIpc) is 3.10. The lowest BCUT2D eigenvalue weighted by Gasteiger charge is -2.25. The van der Waals surface area contributed by atoms with Gasteiger partial charge in [0.15, 0.2) is 23.3 Å². The first-order chi connectivity index (χ1) is 14.6. The molecule has 0 atom stereocenters. The SMILES string of the molecule is COc1ccc(CCNC(=NCc2nnc(C)n2C)NC2CCCCC2)cc1OC. The Morgan fingerprint density at radius 3 is 2.57 bits per heavy atom. The van der Waals surface area contributed by atoms with Gasteiger partial charge in [-0.05, 0) is 43.9 Å². The number of benzene rings is 1. The lowest BCUT2D eigenvalue weighted by molar-refractivity contribution is 0.354. The lowest BCUT2D eigenvalue weighted by atomic mass is 9.96. The number of guanidine groups is 1. The highest BCUT2D eigenvalue weighted by atomic mass is 16.5. The van der Waals surface area contributed by atoms with E-state index in [1.165, 1.54) is 37.7 Å². The molecular formula is C22H34N6O2. The van der Waals surface area contributed by atoms with Crippen LogP contribution < -0.4 is 20.1 Å². The Labute approximate surface area is 179 Å². The number of rotatable bonds is 8. The minimum absolute atomic E-state index is 0.479. The predicted octanol–water partition coefficient (Wildman–Crippen LogP) is 2.75. The summed E-state index contributed by atoms with van der Waals surface area (Å²) in [7, 11) is 5.28. The molecule has 1 aromatic carbocycles. The second-order valence-corrected chi connectivity index (χ2v) is 7.73. The summed E-state index contributed by atoms with van der Waals surface area (Å²) in [5.74, 6) is 4.08. The van der Waals surface area contributed by atoms with E-state index in [-0.39, 0.29) is 0 Å². The van der Waals surface area contributed by atoms with Crippen LogP contribution in [0, 0.1) is 6.92 Å². The molecule has 1 aromatic heterocycles. The second-order valence-electron chi connectivity index (χ2n) is 7.73. The molecular weight excluding hydrogens is 380 g/mol. The van der Waals surface area contributed by atoms with Gasteiger partial charge in [-0.2, -0.15) is 0 Å². The van der Waals surface area contributed by atoms with Gasteiger partial charge in [-0.25, -0.2) is 4.99 Å². The predicted molar refractivity (Wildman–Crippen MR) is 118 cm³/mol. The molecule has 1 heterocycles. The van der Waals surface area contributed by atoms with Crippen LogP contribution in [-0.4, -0.2) is 47.5 Å². The number of aliphatic imine (C=N–C) groups is 1. The summed E-state index contributed by atoms with van der Waals surface area (Å²) >= 11 is 0. The van der Waals surface area contributed by atoms with Crippen molar-refractivity contribution in [2.24, 2.45) is 12.0 Å². The van der Waals surface area contributed by atoms with Crippen LogP contribution in [0.15, 0.2) is 23.2 Å². The molecule has 3 rings (SSSR count). The van der Waals surface area contributed by atoms with E-state index in [1.807, 2.05) is 30.7 Å². The third kappa shape index (κ3) is 5.87. The van der Waals surface area contributed by atoms with E-state index in [0.717, 1.165) is 42.1 Å². The molecule has 8 nitrogen and oxygen atoms in total. The maximum atomic E-state index is 5.41. The van der Waals surface area contributed by atoms with E-state index < -0.39 is 0 Å². The number of aromatic nitrogens is 3. The van der Waals surface area contributed by atoms with Crippen LogP contribution in [0.3, 0.4) is 0 Å². The topological polar surface area (TPSA) is 85.6 Å². The molecule has 0 bridgehead atoms. The van der Waals surface area contributed by atoms with Gasteiger partial charge in [0.25, 0.3) is 0 Å². The van der Waals surface area contributed by atoms with E-state index in [9.17, 15) is 0 Å². The van der Waals surface area contributed by atoms with E-state index >= 15 is 0 Å². The first-order valence-electron chi connectivity index (χ1n) is 10.7. The number of hydrogen-bond acceptors (Lipinski definition) is 5. The maximum Gasteiger partial charge on any atom is 0.191 e. The molecule has 0 radical (unpaired) electrons. The molecule has 164 valence electrons. The Morgan fingerprint density at radius 2 is 1.90 bits per heavy atom. The number of nitrogens with one attached hydrogen (secondary N) is 2. The number of ether oxygens (including phenoxy) is 2. The summed E-state index contributed by atoms with van der Waals surface area (Å²) in [4.78, 5) is 4.78. The fourth-order valence-electron chi connectivity index (χ4n) is 3.69. The highest BCUT2D eigenvalue weighted by Crippen LogP contribution is 2.27. The zero-order chi connectivity index (χ0) is 21.3. The van der Waals surface area contributed by atoms with Crippen LogP contribution in [0.5, 0.6) is 11.5 Å². The fraction of sp³-hybridized carbons (Fsp3) is 0.591. The highest BCUT2D eigenvalue weighted by molar-refractivity contribution is 5.80. The van der Waals surface area contributed by atoms with Gasteiger partial charge in [-0.3, -0.25) is 0 Å². The van der Waals surface area contributed by atoms with Crippen LogP contribution in [0.1, 0.15) is 49.3 Å². The molecule has 0 saturated heterocycles. The van der Waals surface area contributed by atoms with Crippen molar-refractivity contribution in [2.45, 2.75) is 58.0 Å². The van der Waals surface area contributed by atoms with E-state index in [2.05, 4.69) is 26.9 Å². The normalized spacial score (nSPS) is 15.1. The monoisotopic (exact) mass is 414 g/mol. The minimum atomic E-state index is 0.479. The lowest BCUT2D eigenvalue weighted by Crippen LogP contribution is -2.44. The molecule has 1 aliphatic rings. The number of methoxy groups -OCH3 is 2. The first-order valence-corrected chi connectivity index (χ1v) is 10.7. The summed E-state index contributed by atoms with van der Waals surface area (Å²) in [5, 5.41) is 15.4. The molecule has 30 heavy (non-hydrogen) atoms. The second kappa shape index (κ2) is 10.8. The Morgan fingerprint density at radius 1 is 1.13 bits per heavy atom. The summed E-state index contributed by atoms with van der Waals surface area (Å²) in [6.07, 6.45) is 7.13. The Hall–Kier alpha value is -2.77. The van der Waals surface area contributed by atoms with Gasteiger partial charge in [-0.1, -0.05) is 25.3 Å². The number of aryl methyl sites for hydroxylation is 1. The van der Waals surface area contributed by atoms with E-state index in [0.29, 0.717) is 12.6 Å². The molecule has 0 amide bonds. The summed E-state index contributed by atoms with van der Waals surface area (Å²) < 4.78 is 12.7. The molecule has 2 N–H and O–H groups in total. The van der Waals surface area contributed by atoms with Crippen molar-refractivity contribution in [3.8, 4) is 11.5 Å². The van der Waals surface area contributed by atoms with E-state index in [4.69, 9.17) is 14.5 Å². The molecule has 2 aromatic rings. The van der Waals surface area contributed by atoms with Gasteiger partial charge in [-0.15, -0.1) is 10.2 Å². The van der Waals surface area contributed by atoms with Crippen molar-refractivity contribution < 1.29 is 9.47 Å². The third-order valence-corrected chi connectivity index (χ3v) is 5.66. The number of hydrogen-bond donors (Lipinski definition) is 2. The van der Waals surface area contributed by atoms with Crippen LogP contribution in [0.4, 0.5) is 0 Å². The zero-order valence-electron chi connectivity index (χ0n) is 18.6. The van der Waals surface area contributed by atoms with E-state index in [1.54, 1.807) is 14.2 Å². The molecule has 0 spiro atoms. The van der Waals surface area contributed by atoms with Gasteiger partial charge in [0, 0.05) is 19.6 Å². The maximum absolute atomic E-state index is 5.41. The van der Waals surface area contributed by atoms with Gasteiger partial charge in [0.1, 0.15) is 12.4 Å². The number of nitrogens with zero attached hydrogens (tertiary/aromatic N) is 4. The smallest absolute Gasteiger partial charge is 0.191 e. The summed E-state index contributed by atoms with van der Waals surface area (Å²) in [5.41, 5.74) is 1.18. The Balaban J connectivity index is 1.62. The van der Waals surface area contributed by atoms with Crippen molar-refractivity contribution in [3.05, 3.63) is 35.4 Å².